The van der Waals surface area contributed by atoms with Gasteiger partial charge in [-0.15, -0.1) is 0 Å². The molecule has 0 bridgehead atoms. The normalized spacial score (nSPS) is 9.73. The van der Waals surface area contributed by atoms with Crippen molar-refractivity contribution >= 4 is 16.8 Å². The molecule has 0 aliphatic carbocycles. The third-order valence-corrected chi connectivity index (χ3v) is 2.15. The van der Waals surface area contributed by atoms with Crippen LogP contribution in [0.1, 0.15) is 25.0 Å². The first-order chi connectivity index (χ1) is 6.93. The van der Waals surface area contributed by atoms with Crippen LogP contribution in [0.4, 0.5) is 5.69 Å². The molecule has 1 rings (SSSR count). The minimum atomic E-state index is -0.392. The summed E-state index contributed by atoms with van der Waals surface area (Å²) in [5.41, 5.74) is 2.95. The first-order valence-corrected chi connectivity index (χ1v) is 4.53. The van der Waals surface area contributed by atoms with Crippen LogP contribution in [0.5, 0.6) is 0 Å². The highest BCUT2D eigenvalue weighted by Crippen LogP contribution is 2.27. The average Bonchev–Trinajstić information content (AvgIpc) is 2.16. The summed E-state index contributed by atoms with van der Waals surface area (Å²) in [7, 11) is 0. The molecule has 15 heavy (non-hydrogen) atoms. The van der Waals surface area contributed by atoms with Crippen molar-refractivity contribution in [1.82, 2.24) is 0 Å². The summed E-state index contributed by atoms with van der Waals surface area (Å²) in [6, 6.07) is 5.07. The van der Waals surface area contributed by atoms with Crippen LogP contribution < -0.4 is 0 Å². The van der Waals surface area contributed by atoms with Gasteiger partial charge in [-0.2, -0.15) is 0 Å². The van der Waals surface area contributed by atoms with E-state index in [0.717, 1.165) is 11.1 Å². The molecule has 0 saturated carbocycles. The second kappa shape index (κ2) is 4.09. The molecule has 3 nitrogen and oxygen atoms in total. The molecule has 0 radical (unpaired) electrons. The maximum absolute atomic E-state index is 10.8. The van der Waals surface area contributed by atoms with Crippen LogP contribution in [0, 0.1) is 10.1 Å². The standard InChI is InChI=1S/C12H13NO2/c1-8(2)10-5-6-11(9(3)4)12(7-10)13(14)15/h5-7H,1,3H2,2,4H3. The van der Waals surface area contributed by atoms with Gasteiger partial charge >= 0.3 is 0 Å². The van der Waals surface area contributed by atoms with E-state index in [4.69, 9.17) is 0 Å². The molecule has 78 valence electrons. The summed E-state index contributed by atoms with van der Waals surface area (Å²) in [5, 5.41) is 10.8. The van der Waals surface area contributed by atoms with Gasteiger partial charge in [0.2, 0.25) is 0 Å². The van der Waals surface area contributed by atoms with E-state index < -0.39 is 4.92 Å². The molecule has 0 fully saturated rings. The zero-order valence-corrected chi connectivity index (χ0v) is 8.91. The third-order valence-electron chi connectivity index (χ3n) is 2.15. The van der Waals surface area contributed by atoms with Crippen molar-refractivity contribution in [2.45, 2.75) is 13.8 Å². The zero-order valence-electron chi connectivity index (χ0n) is 8.91. The van der Waals surface area contributed by atoms with E-state index in [-0.39, 0.29) is 5.69 Å². The molecule has 0 atom stereocenters. The lowest BCUT2D eigenvalue weighted by Crippen LogP contribution is -1.94. The summed E-state index contributed by atoms with van der Waals surface area (Å²) >= 11 is 0. The highest BCUT2D eigenvalue weighted by molar-refractivity contribution is 5.74. The molecule has 0 heterocycles. The van der Waals surface area contributed by atoms with Gasteiger partial charge in [0.05, 0.1) is 10.5 Å². The minimum absolute atomic E-state index is 0.0861. The third kappa shape index (κ3) is 2.31. The van der Waals surface area contributed by atoms with Gasteiger partial charge < -0.3 is 0 Å². The van der Waals surface area contributed by atoms with Crippen molar-refractivity contribution in [3.63, 3.8) is 0 Å². The van der Waals surface area contributed by atoms with E-state index in [0.29, 0.717) is 11.1 Å². The van der Waals surface area contributed by atoms with E-state index >= 15 is 0 Å². The Bertz CT molecular complexity index is 447. The molecule has 3 heteroatoms. The zero-order chi connectivity index (χ0) is 11.6. The Kier molecular flexibility index (Phi) is 3.04. The van der Waals surface area contributed by atoms with Crippen LogP contribution in [0.2, 0.25) is 0 Å². The Morgan fingerprint density at radius 1 is 1.27 bits per heavy atom. The van der Waals surface area contributed by atoms with Gasteiger partial charge in [0.15, 0.2) is 0 Å². The van der Waals surface area contributed by atoms with Crippen LogP contribution in [0.25, 0.3) is 11.1 Å². The minimum Gasteiger partial charge on any atom is -0.258 e. The van der Waals surface area contributed by atoms with Crippen molar-refractivity contribution < 1.29 is 4.92 Å². The Hall–Kier alpha value is -1.90. The summed E-state index contributed by atoms with van der Waals surface area (Å²) in [4.78, 5) is 10.4. The van der Waals surface area contributed by atoms with Crippen LogP contribution >= 0.6 is 0 Å². The summed E-state index contributed by atoms with van der Waals surface area (Å²) < 4.78 is 0. The largest absolute Gasteiger partial charge is 0.277 e. The maximum Gasteiger partial charge on any atom is 0.277 e. The Balaban J connectivity index is 3.40. The molecule has 0 unspecified atom stereocenters. The highest BCUT2D eigenvalue weighted by Gasteiger charge is 2.14. The fourth-order valence-electron chi connectivity index (χ4n) is 1.31. The highest BCUT2D eigenvalue weighted by atomic mass is 16.6. The van der Waals surface area contributed by atoms with Crippen LogP contribution in [0.15, 0.2) is 31.4 Å². The second-order valence-corrected chi connectivity index (χ2v) is 3.55. The molecule has 0 aromatic heterocycles. The van der Waals surface area contributed by atoms with Crippen LogP contribution in [-0.2, 0) is 0 Å². The van der Waals surface area contributed by atoms with Crippen molar-refractivity contribution in [3.8, 4) is 0 Å². The summed E-state index contributed by atoms with van der Waals surface area (Å²) in [6.07, 6.45) is 0. The number of nitrogens with zero attached hydrogens (tertiary/aromatic N) is 1. The topological polar surface area (TPSA) is 43.1 Å². The molecule has 0 N–H and O–H groups in total. The van der Waals surface area contributed by atoms with Crippen molar-refractivity contribution in [2.24, 2.45) is 0 Å². The predicted octanol–water partition coefficient (Wildman–Crippen LogP) is 3.66. The van der Waals surface area contributed by atoms with E-state index in [9.17, 15) is 10.1 Å². The number of nitro benzene ring substituents is 1. The maximum atomic E-state index is 10.8. The summed E-state index contributed by atoms with van der Waals surface area (Å²) in [5.74, 6) is 0. The first-order valence-electron chi connectivity index (χ1n) is 4.53. The Morgan fingerprint density at radius 3 is 2.27 bits per heavy atom. The van der Waals surface area contributed by atoms with Crippen molar-refractivity contribution in [3.05, 3.63) is 52.6 Å². The number of nitro groups is 1. The quantitative estimate of drug-likeness (QED) is 0.555. The average molecular weight is 203 g/mol. The van der Waals surface area contributed by atoms with Gasteiger partial charge in [0, 0.05) is 6.07 Å². The summed E-state index contributed by atoms with van der Waals surface area (Å²) in [6.45, 7) is 11.0. The molecular formula is C12H13NO2. The van der Waals surface area contributed by atoms with Crippen molar-refractivity contribution in [2.75, 3.05) is 0 Å². The first kappa shape index (κ1) is 11.2. The SMILES string of the molecule is C=C(C)c1ccc(C(=C)C)c([N+](=O)[O-])c1. The van der Waals surface area contributed by atoms with Gasteiger partial charge in [-0.1, -0.05) is 24.8 Å². The molecule has 0 spiro atoms. The van der Waals surface area contributed by atoms with Crippen LogP contribution in [0.3, 0.4) is 0 Å². The number of hydrogen-bond donors (Lipinski definition) is 0. The van der Waals surface area contributed by atoms with Gasteiger partial charge in [0.25, 0.3) is 5.69 Å². The van der Waals surface area contributed by atoms with Gasteiger partial charge in [0.1, 0.15) is 0 Å². The number of allylic oxidation sites excluding steroid dienone is 2. The number of rotatable bonds is 3. The molecule has 1 aromatic rings. The monoisotopic (exact) mass is 203 g/mol. The molecule has 1 aromatic carbocycles. The second-order valence-electron chi connectivity index (χ2n) is 3.55. The lowest BCUT2D eigenvalue weighted by Gasteiger charge is -2.04. The molecule has 0 amide bonds. The number of benzene rings is 1. The van der Waals surface area contributed by atoms with Gasteiger partial charge in [-0.25, -0.2) is 0 Å². The Morgan fingerprint density at radius 2 is 1.87 bits per heavy atom. The molecule has 0 aliphatic heterocycles. The fraction of sp³-hybridized carbons (Fsp3) is 0.167. The molecule has 0 aliphatic rings. The van der Waals surface area contributed by atoms with Gasteiger partial charge in [-0.3, -0.25) is 10.1 Å². The predicted molar refractivity (Wildman–Crippen MR) is 62.5 cm³/mol. The molecular weight excluding hydrogens is 190 g/mol. The van der Waals surface area contributed by atoms with Crippen LogP contribution in [-0.4, -0.2) is 4.92 Å². The number of hydrogen-bond acceptors (Lipinski definition) is 2. The van der Waals surface area contributed by atoms with E-state index in [1.807, 2.05) is 13.0 Å². The van der Waals surface area contributed by atoms with E-state index in [1.165, 1.54) is 6.07 Å². The lowest BCUT2D eigenvalue weighted by molar-refractivity contribution is -0.385. The Labute approximate surface area is 88.9 Å². The smallest absolute Gasteiger partial charge is 0.258 e. The van der Waals surface area contributed by atoms with E-state index in [1.54, 1.807) is 13.0 Å². The van der Waals surface area contributed by atoms with E-state index in [2.05, 4.69) is 13.2 Å². The molecule has 0 saturated heterocycles. The van der Waals surface area contributed by atoms with Crippen molar-refractivity contribution in [1.29, 1.82) is 0 Å². The van der Waals surface area contributed by atoms with Gasteiger partial charge in [-0.05, 0) is 31.1 Å². The fourth-order valence-corrected chi connectivity index (χ4v) is 1.31. The lowest BCUT2D eigenvalue weighted by atomic mass is 10.0.